The summed E-state index contributed by atoms with van der Waals surface area (Å²) in [6.45, 7) is 5.81. The lowest BCUT2D eigenvalue weighted by molar-refractivity contribution is 0.00695. The number of ether oxygens (including phenoxy) is 2. The molecule has 0 radical (unpaired) electrons. The number of fused-ring (bicyclic) bond motifs is 1. The molecule has 4 nitrogen and oxygen atoms in total. The fourth-order valence-electron chi connectivity index (χ4n) is 1.73. The summed E-state index contributed by atoms with van der Waals surface area (Å²) < 4.78 is 10.6. The molecule has 0 atom stereocenters. The molecule has 2 rings (SSSR count). The van der Waals surface area contributed by atoms with Crippen LogP contribution in [0, 0.1) is 0 Å². The van der Waals surface area contributed by atoms with Gasteiger partial charge in [0, 0.05) is 6.42 Å². The molecule has 18 heavy (non-hydrogen) atoms. The van der Waals surface area contributed by atoms with Crippen LogP contribution in [0.25, 0.3) is 0 Å². The molecule has 0 spiro atoms. The molecule has 0 unspecified atom stereocenters. The van der Waals surface area contributed by atoms with Gasteiger partial charge in [0.1, 0.15) is 11.4 Å². The summed E-state index contributed by atoms with van der Waals surface area (Å²) in [4.78, 5) is 23.6. The van der Waals surface area contributed by atoms with Crippen LogP contribution < -0.4 is 4.74 Å². The number of Topliss-reactive ketones (excluding diaryl/α,β-unsaturated/α-hetero) is 1. The van der Waals surface area contributed by atoms with Gasteiger partial charge in [-0.25, -0.2) is 4.79 Å². The number of hydrogen-bond acceptors (Lipinski definition) is 4. The molecule has 0 aliphatic carbocycles. The van der Waals surface area contributed by atoms with Crippen LogP contribution in [-0.4, -0.2) is 24.0 Å². The third-order valence-corrected chi connectivity index (χ3v) is 2.50. The minimum atomic E-state index is -0.548. The highest BCUT2D eigenvalue weighted by atomic mass is 16.6. The Labute approximate surface area is 106 Å². The molecule has 96 valence electrons. The summed E-state index contributed by atoms with van der Waals surface area (Å²) in [5.41, 5.74) is 0.292. The van der Waals surface area contributed by atoms with Crippen LogP contribution in [-0.2, 0) is 4.74 Å². The lowest BCUT2D eigenvalue weighted by Crippen LogP contribution is -2.24. The van der Waals surface area contributed by atoms with Crippen molar-refractivity contribution in [1.82, 2.24) is 0 Å². The maximum absolute atomic E-state index is 11.9. The Morgan fingerprint density at radius 1 is 1.33 bits per heavy atom. The number of hydrogen-bond donors (Lipinski definition) is 0. The van der Waals surface area contributed by atoms with Gasteiger partial charge in [0.2, 0.25) is 0 Å². The normalized spacial score (nSPS) is 14.7. The van der Waals surface area contributed by atoms with Crippen LogP contribution >= 0.6 is 0 Å². The third-order valence-electron chi connectivity index (χ3n) is 2.50. The number of benzene rings is 1. The monoisotopic (exact) mass is 248 g/mol. The summed E-state index contributed by atoms with van der Waals surface area (Å²) in [5, 5.41) is 0. The largest absolute Gasteiger partial charge is 0.492 e. The fraction of sp³-hybridized carbons (Fsp3) is 0.429. The molecule has 1 aliphatic rings. The smallest absolute Gasteiger partial charge is 0.338 e. The first-order valence-corrected chi connectivity index (χ1v) is 5.90. The van der Waals surface area contributed by atoms with Crippen LogP contribution in [0.3, 0.4) is 0 Å². The lowest BCUT2D eigenvalue weighted by Gasteiger charge is -2.21. The SMILES string of the molecule is CC(C)(C)OC(=O)c1ccc2c(c1)C(=O)CCO2. The maximum Gasteiger partial charge on any atom is 0.338 e. The van der Waals surface area contributed by atoms with Gasteiger partial charge < -0.3 is 9.47 Å². The second-order valence-corrected chi connectivity index (χ2v) is 5.23. The maximum atomic E-state index is 11.9. The van der Waals surface area contributed by atoms with E-state index in [-0.39, 0.29) is 5.78 Å². The van der Waals surface area contributed by atoms with Crippen molar-refractivity contribution in [2.75, 3.05) is 6.61 Å². The summed E-state index contributed by atoms with van der Waals surface area (Å²) in [5.74, 6) is 0.115. The number of rotatable bonds is 1. The Hall–Kier alpha value is -1.84. The zero-order valence-corrected chi connectivity index (χ0v) is 10.8. The quantitative estimate of drug-likeness (QED) is 0.717. The van der Waals surface area contributed by atoms with Gasteiger partial charge in [-0.2, -0.15) is 0 Å². The van der Waals surface area contributed by atoms with Crippen molar-refractivity contribution in [3.05, 3.63) is 29.3 Å². The molecule has 1 aromatic carbocycles. The molecule has 1 aliphatic heterocycles. The van der Waals surface area contributed by atoms with Crippen LogP contribution in [0.4, 0.5) is 0 Å². The van der Waals surface area contributed by atoms with Gasteiger partial charge >= 0.3 is 5.97 Å². The predicted octanol–water partition coefficient (Wildman–Crippen LogP) is 2.61. The van der Waals surface area contributed by atoms with E-state index in [9.17, 15) is 9.59 Å². The van der Waals surface area contributed by atoms with Gasteiger partial charge in [-0.1, -0.05) is 0 Å². The van der Waals surface area contributed by atoms with E-state index >= 15 is 0 Å². The first-order chi connectivity index (χ1) is 8.37. The van der Waals surface area contributed by atoms with Gasteiger partial charge in [-0.05, 0) is 39.0 Å². The molecule has 0 saturated heterocycles. The van der Waals surface area contributed by atoms with Crippen molar-refractivity contribution in [1.29, 1.82) is 0 Å². The molecular weight excluding hydrogens is 232 g/mol. The fourth-order valence-corrected chi connectivity index (χ4v) is 1.73. The number of ketones is 1. The molecule has 1 heterocycles. The highest BCUT2D eigenvalue weighted by Crippen LogP contribution is 2.26. The van der Waals surface area contributed by atoms with E-state index in [1.54, 1.807) is 39.0 Å². The second kappa shape index (κ2) is 4.44. The van der Waals surface area contributed by atoms with Crippen molar-refractivity contribution in [3.63, 3.8) is 0 Å². The van der Waals surface area contributed by atoms with E-state index in [4.69, 9.17) is 9.47 Å². The van der Waals surface area contributed by atoms with E-state index < -0.39 is 11.6 Å². The molecule has 4 heteroatoms. The second-order valence-electron chi connectivity index (χ2n) is 5.23. The molecule has 0 bridgehead atoms. The average molecular weight is 248 g/mol. The Morgan fingerprint density at radius 3 is 2.72 bits per heavy atom. The Bertz CT molecular complexity index is 497. The molecule has 0 aromatic heterocycles. The van der Waals surface area contributed by atoms with Crippen LogP contribution in [0.5, 0.6) is 5.75 Å². The molecule has 0 saturated carbocycles. The third kappa shape index (κ3) is 2.70. The molecule has 0 fully saturated rings. The van der Waals surface area contributed by atoms with Gasteiger partial charge in [-0.15, -0.1) is 0 Å². The predicted molar refractivity (Wildman–Crippen MR) is 66.1 cm³/mol. The number of esters is 1. The topological polar surface area (TPSA) is 52.6 Å². The lowest BCUT2D eigenvalue weighted by atomic mass is 10.0. The van der Waals surface area contributed by atoms with E-state index in [2.05, 4.69) is 0 Å². The van der Waals surface area contributed by atoms with Crippen LogP contribution in [0.2, 0.25) is 0 Å². The molecule has 1 aromatic rings. The first-order valence-electron chi connectivity index (χ1n) is 5.90. The zero-order chi connectivity index (χ0) is 13.3. The van der Waals surface area contributed by atoms with Gasteiger partial charge in [0.15, 0.2) is 5.78 Å². The Morgan fingerprint density at radius 2 is 2.06 bits per heavy atom. The molecular formula is C14H16O4. The van der Waals surface area contributed by atoms with Gasteiger partial charge in [0.05, 0.1) is 17.7 Å². The van der Waals surface area contributed by atoms with Crippen molar-refractivity contribution in [2.45, 2.75) is 32.8 Å². The average Bonchev–Trinajstić information content (AvgIpc) is 2.27. The first kappa shape index (κ1) is 12.6. The van der Waals surface area contributed by atoms with Crippen LogP contribution in [0.15, 0.2) is 18.2 Å². The van der Waals surface area contributed by atoms with Gasteiger partial charge in [-0.3, -0.25) is 4.79 Å². The van der Waals surface area contributed by atoms with Crippen LogP contribution in [0.1, 0.15) is 47.9 Å². The van der Waals surface area contributed by atoms with Crippen molar-refractivity contribution in [3.8, 4) is 5.75 Å². The summed E-state index contributed by atoms with van der Waals surface area (Å²) in [6, 6.07) is 4.81. The highest BCUT2D eigenvalue weighted by Gasteiger charge is 2.23. The van der Waals surface area contributed by atoms with Gasteiger partial charge in [0.25, 0.3) is 0 Å². The summed E-state index contributed by atoms with van der Waals surface area (Å²) in [7, 11) is 0. The highest BCUT2D eigenvalue weighted by molar-refractivity contribution is 6.02. The van der Waals surface area contributed by atoms with E-state index in [0.29, 0.717) is 29.9 Å². The molecule has 0 amide bonds. The number of carbonyl (C=O) groups is 2. The summed E-state index contributed by atoms with van der Waals surface area (Å²) >= 11 is 0. The Kier molecular flexibility index (Phi) is 3.11. The minimum absolute atomic E-state index is 0.00154. The van der Waals surface area contributed by atoms with E-state index in [1.807, 2.05) is 0 Å². The summed E-state index contributed by atoms with van der Waals surface area (Å²) in [6.07, 6.45) is 0.352. The van der Waals surface area contributed by atoms with E-state index in [1.165, 1.54) is 0 Å². The van der Waals surface area contributed by atoms with Crippen molar-refractivity contribution >= 4 is 11.8 Å². The van der Waals surface area contributed by atoms with Crippen molar-refractivity contribution in [2.24, 2.45) is 0 Å². The Balaban J connectivity index is 2.28. The van der Waals surface area contributed by atoms with E-state index in [0.717, 1.165) is 0 Å². The molecule has 0 N–H and O–H groups in total. The van der Waals surface area contributed by atoms with Crippen molar-refractivity contribution < 1.29 is 19.1 Å². The standard InChI is InChI=1S/C14H16O4/c1-14(2,3)18-13(16)9-4-5-12-10(8-9)11(15)6-7-17-12/h4-5,8H,6-7H2,1-3H3. The minimum Gasteiger partial charge on any atom is -0.492 e. The zero-order valence-electron chi connectivity index (χ0n) is 10.8. The number of carbonyl (C=O) groups excluding carboxylic acids is 2.